The molecule has 0 radical (unpaired) electrons. The van der Waals surface area contributed by atoms with Gasteiger partial charge in [-0.15, -0.1) is 0 Å². The summed E-state index contributed by atoms with van der Waals surface area (Å²) in [6.45, 7) is 0. The van der Waals surface area contributed by atoms with Crippen LogP contribution in [0.2, 0.25) is 0 Å². The number of rotatable bonds is 2. The summed E-state index contributed by atoms with van der Waals surface area (Å²) in [7, 11) is 0. The van der Waals surface area contributed by atoms with Gasteiger partial charge in [0.15, 0.2) is 12.6 Å². The first-order chi connectivity index (χ1) is 6.54. The van der Waals surface area contributed by atoms with Gasteiger partial charge < -0.3 is 0 Å². The van der Waals surface area contributed by atoms with E-state index in [4.69, 9.17) is 0 Å². The zero-order valence-electron chi connectivity index (χ0n) is 6.48. The first-order valence-corrected chi connectivity index (χ1v) is 4.89. The highest BCUT2D eigenvalue weighted by molar-refractivity contribution is 9.11. The first-order valence-electron chi connectivity index (χ1n) is 3.30. The van der Waals surface area contributed by atoms with Crippen molar-refractivity contribution in [3.63, 3.8) is 0 Å². The average molecular weight is 328 g/mol. The Morgan fingerprint density at radius 1 is 0.857 bits per heavy atom. The second kappa shape index (κ2) is 4.27. The Morgan fingerprint density at radius 2 is 1.14 bits per heavy atom. The van der Waals surface area contributed by atoms with Gasteiger partial charge >= 0.3 is 0 Å². The molecular formula is C8H2Br2F2O2. The Kier molecular flexibility index (Phi) is 3.49. The molecule has 0 bridgehead atoms. The number of aldehydes is 2. The van der Waals surface area contributed by atoms with Crippen molar-refractivity contribution in [2.24, 2.45) is 0 Å². The van der Waals surface area contributed by atoms with E-state index in [9.17, 15) is 18.4 Å². The van der Waals surface area contributed by atoms with Gasteiger partial charge in [0.1, 0.15) is 11.6 Å². The monoisotopic (exact) mass is 326 g/mol. The number of halogens is 4. The van der Waals surface area contributed by atoms with Gasteiger partial charge in [-0.2, -0.15) is 0 Å². The molecule has 1 aromatic rings. The summed E-state index contributed by atoms with van der Waals surface area (Å²) in [6.07, 6.45) is 0.337. The molecule has 0 aliphatic heterocycles. The fourth-order valence-corrected chi connectivity index (χ4v) is 1.83. The highest BCUT2D eigenvalue weighted by Crippen LogP contribution is 2.31. The molecule has 0 unspecified atom stereocenters. The van der Waals surface area contributed by atoms with E-state index >= 15 is 0 Å². The number of carbonyl (C=O) groups excluding carboxylic acids is 2. The van der Waals surface area contributed by atoms with Crippen LogP contribution in [0.1, 0.15) is 20.7 Å². The van der Waals surface area contributed by atoms with Gasteiger partial charge in [0.05, 0.1) is 20.1 Å². The topological polar surface area (TPSA) is 34.1 Å². The van der Waals surface area contributed by atoms with Crippen LogP contribution in [0.5, 0.6) is 0 Å². The highest BCUT2D eigenvalue weighted by Gasteiger charge is 2.20. The molecule has 6 heteroatoms. The minimum absolute atomic E-state index is 0.168. The van der Waals surface area contributed by atoms with E-state index in [1.807, 2.05) is 0 Å². The third-order valence-corrected chi connectivity index (χ3v) is 3.12. The van der Waals surface area contributed by atoms with Gasteiger partial charge in [-0.25, -0.2) is 8.78 Å². The van der Waals surface area contributed by atoms with E-state index in [2.05, 4.69) is 31.9 Å². The van der Waals surface area contributed by atoms with Crippen molar-refractivity contribution in [3.8, 4) is 0 Å². The van der Waals surface area contributed by atoms with Crippen molar-refractivity contribution >= 4 is 44.4 Å². The van der Waals surface area contributed by atoms with Gasteiger partial charge in [0.25, 0.3) is 0 Å². The summed E-state index contributed by atoms with van der Waals surface area (Å²) in [6, 6.07) is 0. The quantitative estimate of drug-likeness (QED) is 0.618. The van der Waals surface area contributed by atoms with E-state index in [-0.39, 0.29) is 21.5 Å². The van der Waals surface area contributed by atoms with E-state index in [0.29, 0.717) is 0 Å². The Labute approximate surface area is 94.6 Å². The molecule has 0 aliphatic carbocycles. The molecule has 74 valence electrons. The summed E-state index contributed by atoms with van der Waals surface area (Å²) in [5.41, 5.74) is -0.917. The lowest BCUT2D eigenvalue weighted by Gasteiger charge is -2.06. The minimum atomic E-state index is -0.963. The smallest absolute Gasteiger partial charge is 0.154 e. The Morgan fingerprint density at radius 3 is 1.36 bits per heavy atom. The third kappa shape index (κ3) is 1.64. The maximum absolute atomic E-state index is 13.3. The van der Waals surface area contributed by atoms with Crippen LogP contribution >= 0.6 is 31.9 Å². The van der Waals surface area contributed by atoms with E-state index in [1.165, 1.54) is 0 Å². The molecule has 0 atom stereocenters. The molecule has 1 rings (SSSR count). The zero-order valence-corrected chi connectivity index (χ0v) is 9.66. The fourth-order valence-electron chi connectivity index (χ4n) is 0.873. The van der Waals surface area contributed by atoms with Crippen LogP contribution in [-0.4, -0.2) is 12.6 Å². The van der Waals surface area contributed by atoms with Crippen molar-refractivity contribution in [1.82, 2.24) is 0 Å². The SMILES string of the molecule is O=Cc1c(F)c(Br)c(C=O)c(F)c1Br. The largest absolute Gasteiger partial charge is 0.298 e. The van der Waals surface area contributed by atoms with Gasteiger partial charge in [-0.3, -0.25) is 9.59 Å². The summed E-state index contributed by atoms with van der Waals surface area (Å²) < 4.78 is 25.8. The molecule has 0 fully saturated rings. The lowest BCUT2D eigenvalue weighted by atomic mass is 10.1. The van der Waals surface area contributed by atoms with Crippen LogP contribution in [-0.2, 0) is 0 Å². The fraction of sp³-hybridized carbons (Fsp3) is 0. The summed E-state index contributed by atoms with van der Waals surface area (Å²) in [5, 5.41) is 0. The summed E-state index contributed by atoms with van der Waals surface area (Å²) in [4.78, 5) is 20.8. The lowest BCUT2D eigenvalue weighted by Crippen LogP contribution is -2.01. The Balaban J connectivity index is 3.71. The van der Waals surface area contributed by atoms with Crippen LogP contribution in [0, 0.1) is 11.6 Å². The standard InChI is InChI=1S/C8H2Br2F2O2/c9-5-3(1-13)7(11)6(10)4(2-14)8(5)12/h1-2H. The second-order valence-electron chi connectivity index (χ2n) is 2.32. The second-order valence-corrected chi connectivity index (χ2v) is 3.90. The molecule has 0 N–H and O–H groups in total. The van der Waals surface area contributed by atoms with Gasteiger partial charge in [-0.05, 0) is 31.9 Å². The molecule has 0 heterocycles. The predicted octanol–water partition coefficient (Wildman–Crippen LogP) is 3.11. The van der Waals surface area contributed by atoms with Crippen LogP contribution in [0.25, 0.3) is 0 Å². The van der Waals surface area contributed by atoms with Crippen molar-refractivity contribution in [2.45, 2.75) is 0 Å². The molecule has 0 saturated carbocycles. The van der Waals surface area contributed by atoms with Crippen LogP contribution < -0.4 is 0 Å². The van der Waals surface area contributed by atoms with Crippen LogP contribution in [0.4, 0.5) is 8.78 Å². The molecule has 14 heavy (non-hydrogen) atoms. The molecule has 0 aromatic heterocycles. The predicted molar refractivity (Wildman–Crippen MR) is 52.5 cm³/mol. The average Bonchev–Trinajstić information content (AvgIpc) is 2.17. The van der Waals surface area contributed by atoms with E-state index in [0.717, 1.165) is 0 Å². The maximum atomic E-state index is 13.3. The number of benzene rings is 1. The number of hydrogen-bond donors (Lipinski definition) is 0. The zero-order chi connectivity index (χ0) is 10.9. The number of hydrogen-bond acceptors (Lipinski definition) is 2. The summed E-state index contributed by atoms with van der Waals surface area (Å²) >= 11 is 5.38. The normalized spacial score (nSPS) is 10.0. The van der Waals surface area contributed by atoms with Crippen molar-refractivity contribution in [1.29, 1.82) is 0 Å². The van der Waals surface area contributed by atoms with Gasteiger partial charge in [0, 0.05) is 0 Å². The maximum Gasteiger partial charge on any atom is 0.154 e. The highest BCUT2D eigenvalue weighted by atomic mass is 79.9. The molecular weight excluding hydrogens is 326 g/mol. The minimum Gasteiger partial charge on any atom is -0.298 e. The first kappa shape index (κ1) is 11.5. The lowest BCUT2D eigenvalue weighted by molar-refractivity contribution is 0.110. The molecule has 0 spiro atoms. The Hall–Kier alpha value is -0.620. The number of carbonyl (C=O) groups is 2. The van der Waals surface area contributed by atoms with Crippen LogP contribution in [0.3, 0.4) is 0 Å². The molecule has 1 aromatic carbocycles. The van der Waals surface area contributed by atoms with Crippen molar-refractivity contribution in [3.05, 3.63) is 31.7 Å². The molecule has 0 amide bonds. The molecule has 0 saturated heterocycles. The third-order valence-electron chi connectivity index (χ3n) is 1.57. The van der Waals surface area contributed by atoms with E-state index < -0.39 is 22.8 Å². The summed E-state index contributed by atoms with van der Waals surface area (Å²) in [5.74, 6) is -1.93. The molecule has 0 aliphatic rings. The van der Waals surface area contributed by atoms with E-state index in [1.54, 1.807) is 0 Å². The van der Waals surface area contributed by atoms with Gasteiger partial charge in [-0.1, -0.05) is 0 Å². The van der Waals surface area contributed by atoms with Crippen molar-refractivity contribution < 1.29 is 18.4 Å². The van der Waals surface area contributed by atoms with Crippen molar-refractivity contribution in [2.75, 3.05) is 0 Å². The molecule has 2 nitrogen and oxygen atoms in total. The Bertz CT molecular complexity index is 350. The van der Waals surface area contributed by atoms with Crippen LogP contribution in [0.15, 0.2) is 8.95 Å². The van der Waals surface area contributed by atoms with Gasteiger partial charge in [0.2, 0.25) is 0 Å².